The number of carbonyl (C=O) groups is 2. The number of carboxylic acids is 1. The van der Waals surface area contributed by atoms with Gasteiger partial charge in [-0.2, -0.15) is 0 Å². The summed E-state index contributed by atoms with van der Waals surface area (Å²) in [7, 11) is 0. The molecule has 0 radical (unpaired) electrons. The normalized spacial score (nSPS) is 11.7. The van der Waals surface area contributed by atoms with Crippen molar-refractivity contribution in [3.8, 4) is 0 Å². The van der Waals surface area contributed by atoms with Crippen molar-refractivity contribution in [3.63, 3.8) is 0 Å². The van der Waals surface area contributed by atoms with Crippen LogP contribution in [0.1, 0.15) is 35.7 Å². The molecule has 2 N–H and O–H groups in total. The largest absolute Gasteiger partial charge is 0.480 e. The van der Waals surface area contributed by atoms with Crippen LogP contribution < -0.4 is 5.32 Å². The van der Waals surface area contributed by atoms with Crippen LogP contribution >= 0.6 is 0 Å². The van der Waals surface area contributed by atoms with E-state index in [1.807, 2.05) is 0 Å². The van der Waals surface area contributed by atoms with Crippen LogP contribution in [-0.4, -0.2) is 27.9 Å². The van der Waals surface area contributed by atoms with Crippen molar-refractivity contribution in [3.05, 3.63) is 39.4 Å². The molecular formula is C13H16N2O5. The molecule has 0 heterocycles. The second-order valence-corrected chi connectivity index (χ2v) is 4.41. The molecular weight excluding hydrogens is 264 g/mol. The number of non-ortho nitro benzene ring substituents is 1. The van der Waals surface area contributed by atoms with Crippen molar-refractivity contribution in [2.24, 2.45) is 0 Å². The molecule has 0 aliphatic rings. The van der Waals surface area contributed by atoms with Gasteiger partial charge in [-0.25, -0.2) is 4.79 Å². The fourth-order valence-corrected chi connectivity index (χ4v) is 1.75. The lowest BCUT2D eigenvalue weighted by atomic mass is 10.1. The predicted molar refractivity (Wildman–Crippen MR) is 71.6 cm³/mol. The Morgan fingerprint density at radius 2 is 2.10 bits per heavy atom. The standard InChI is InChI=1S/C13H16N2O5/c1-3-4-11(13(17)18)14-12(16)10-7-9(15(19)20)6-5-8(10)2/h5-7,11H,3-4H2,1-2H3,(H,14,16)(H,17,18)/t11-/m1/s1. The van der Waals surface area contributed by atoms with Crippen molar-refractivity contribution in [2.45, 2.75) is 32.7 Å². The Labute approximate surface area is 115 Å². The van der Waals surface area contributed by atoms with E-state index in [0.29, 0.717) is 18.4 Å². The number of hydrogen-bond donors (Lipinski definition) is 2. The van der Waals surface area contributed by atoms with E-state index >= 15 is 0 Å². The number of nitro benzene ring substituents is 1. The van der Waals surface area contributed by atoms with Gasteiger partial charge >= 0.3 is 5.97 Å². The second kappa shape index (κ2) is 6.65. The summed E-state index contributed by atoms with van der Waals surface area (Å²) in [5, 5.41) is 22.1. The molecule has 0 saturated heterocycles. The lowest BCUT2D eigenvalue weighted by Gasteiger charge is -2.14. The third-order valence-electron chi connectivity index (χ3n) is 2.86. The minimum absolute atomic E-state index is 0.113. The highest BCUT2D eigenvalue weighted by atomic mass is 16.6. The highest BCUT2D eigenvalue weighted by molar-refractivity contribution is 5.98. The summed E-state index contributed by atoms with van der Waals surface area (Å²) < 4.78 is 0. The molecule has 7 nitrogen and oxygen atoms in total. The first-order valence-corrected chi connectivity index (χ1v) is 6.15. The molecule has 1 aromatic carbocycles. The van der Waals surface area contributed by atoms with Gasteiger partial charge < -0.3 is 10.4 Å². The summed E-state index contributed by atoms with van der Waals surface area (Å²) in [5.41, 5.74) is 0.457. The summed E-state index contributed by atoms with van der Waals surface area (Å²) in [4.78, 5) is 33.1. The molecule has 20 heavy (non-hydrogen) atoms. The zero-order valence-electron chi connectivity index (χ0n) is 11.3. The summed E-state index contributed by atoms with van der Waals surface area (Å²) in [6.45, 7) is 3.44. The lowest BCUT2D eigenvalue weighted by Crippen LogP contribution is -2.40. The third-order valence-corrected chi connectivity index (χ3v) is 2.86. The van der Waals surface area contributed by atoms with Gasteiger partial charge in [0.1, 0.15) is 6.04 Å². The Bertz CT molecular complexity index is 542. The summed E-state index contributed by atoms with van der Waals surface area (Å²) in [5.74, 6) is -1.74. The van der Waals surface area contributed by atoms with Crippen LogP contribution in [0.4, 0.5) is 5.69 Å². The first-order chi connectivity index (χ1) is 9.36. The fourth-order valence-electron chi connectivity index (χ4n) is 1.75. The van der Waals surface area contributed by atoms with Crippen molar-refractivity contribution < 1.29 is 19.6 Å². The third kappa shape index (κ3) is 3.78. The van der Waals surface area contributed by atoms with E-state index in [4.69, 9.17) is 5.11 Å². The van der Waals surface area contributed by atoms with Crippen molar-refractivity contribution in [1.82, 2.24) is 5.32 Å². The van der Waals surface area contributed by atoms with E-state index in [1.165, 1.54) is 12.1 Å². The number of hydrogen-bond acceptors (Lipinski definition) is 4. The minimum Gasteiger partial charge on any atom is -0.480 e. The molecule has 1 aromatic rings. The summed E-state index contributed by atoms with van der Waals surface area (Å²) in [6, 6.07) is 2.91. The molecule has 0 fully saturated rings. The highest BCUT2D eigenvalue weighted by Gasteiger charge is 2.21. The van der Waals surface area contributed by atoms with Gasteiger partial charge in [0.15, 0.2) is 0 Å². The summed E-state index contributed by atoms with van der Waals surface area (Å²) in [6.07, 6.45) is 0.903. The molecule has 1 atom stereocenters. The van der Waals surface area contributed by atoms with Gasteiger partial charge in [-0.1, -0.05) is 19.4 Å². The molecule has 0 saturated carbocycles. The van der Waals surface area contributed by atoms with Gasteiger partial charge in [0.2, 0.25) is 0 Å². The maximum absolute atomic E-state index is 12.0. The summed E-state index contributed by atoms with van der Waals surface area (Å²) >= 11 is 0. The molecule has 0 unspecified atom stereocenters. The average molecular weight is 280 g/mol. The quantitative estimate of drug-likeness (QED) is 0.610. The maximum atomic E-state index is 12.0. The van der Waals surface area contributed by atoms with Crippen LogP contribution in [0.2, 0.25) is 0 Å². The van der Waals surface area contributed by atoms with Gasteiger partial charge in [0.05, 0.1) is 4.92 Å². The first kappa shape index (κ1) is 15.6. The lowest BCUT2D eigenvalue weighted by molar-refractivity contribution is -0.384. The van der Waals surface area contributed by atoms with Crippen LogP contribution in [0.3, 0.4) is 0 Å². The van der Waals surface area contributed by atoms with Crippen molar-refractivity contribution in [2.75, 3.05) is 0 Å². The van der Waals surface area contributed by atoms with E-state index in [0.717, 1.165) is 6.07 Å². The smallest absolute Gasteiger partial charge is 0.326 e. The van der Waals surface area contributed by atoms with E-state index in [2.05, 4.69) is 5.32 Å². The molecule has 7 heteroatoms. The van der Waals surface area contributed by atoms with Gasteiger partial charge in [0.25, 0.3) is 11.6 Å². The minimum atomic E-state index is -1.12. The Morgan fingerprint density at radius 1 is 1.45 bits per heavy atom. The van der Waals surface area contributed by atoms with Crippen LogP contribution in [0.25, 0.3) is 0 Å². The van der Waals surface area contributed by atoms with E-state index < -0.39 is 22.8 Å². The van der Waals surface area contributed by atoms with Crippen molar-refractivity contribution >= 4 is 17.6 Å². The Hall–Kier alpha value is -2.44. The average Bonchev–Trinajstić information content (AvgIpc) is 2.38. The SMILES string of the molecule is CCC[C@@H](NC(=O)c1cc([N+](=O)[O-])ccc1C)C(=O)O. The predicted octanol–water partition coefficient (Wildman–Crippen LogP) is 1.89. The molecule has 0 aromatic heterocycles. The first-order valence-electron chi connectivity index (χ1n) is 6.15. The highest BCUT2D eigenvalue weighted by Crippen LogP contribution is 2.17. The van der Waals surface area contributed by atoms with E-state index in [-0.39, 0.29) is 11.3 Å². The van der Waals surface area contributed by atoms with Crippen LogP contribution in [-0.2, 0) is 4.79 Å². The zero-order valence-corrected chi connectivity index (χ0v) is 11.3. The van der Waals surface area contributed by atoms with Gasteiger partial charge in [-0.15, -0.1) is 0 Å². The molecule has 1 rings (SSSR count). The maximum Gasteiger partial charge on any atom is 0.326 e. The fraction of sp³-hybridized carbons (Fsp3) is 0.385. The molecule has 0 aliphatic heterocycles. The number of rotatable bonds is 6. The van der Waals surface area contributed by atoms with Crippen LogP contribution in [0, 0.1) is 17.0 Å². The molecule has 0 aliphatic carbocycles. The molecule has 0 spiro atoms. The molecule has 108 valence electrons. The van der Waals surface area contributed by atoms with Gasteiger partial charge in [0, 0.05) is 17.7 Å². The zero-order chi connectivity index (χ0) is 15.3. The Morgan fingerprint density at radius 3 is 2.60 bits per heavy atom. The number of nitrogens with one attached hydrogen (secondary N) is 1. The number of nitro groups is 1. The Balaban J connectivity index is 2.99. The van der Waals surface area contributed by atoms with Gasteiger partial charge in [-0.3, -0.25) is 14.9 Å². The number of aryl methyl sites for hydroxylation is 1. The van der Waals surface area contributed by atoms with E-state index in [1.54, 1.807) is 13.8 Å². The number of benzene rings is 1. The van der Waals surface area contributed by atoms with Gasteiger partial charge in [-0.05, 0) is 18.9 Å². The topological polar surface area (TPSA) is 110 Å². The Kier molecular flexibility index (Phi) is 5.19. The van der Waals surface area contributed by atoms with Crippen LogP contribution in [0.5, 0.6) is 0 Å². The number of carbonyl (C=O) groups excluding carboxylic acids is 1. The monoisotopic (exact) mass is 280 g/mol. The number of aliphatic carboxylic acids is 1. The van der Waals surface area contributed by atoms with Crippen molar-refractivity contribution in [1.29, 1.82) is 0 Å². The number of nitrogens with zero attached hydrogens (tertiary/aromatic N) is 1. The number of amides is 1. The molecule has 0 bridgehead atoms. The van der Waals surface area contributed by atoms with E-state index in [9.17, 15) is 19.7 Å². The molecule has 1 amide bonds. The second-order valence-electron chi connectivity index (χ2n) is 4.41. The number of carboxylic acid groups (broad SMARTS) is 1. The van der Waals surface area contributed by atoms with Crippen LogP contribution in [0.15, 0.2) is 18.2 Å².